The van der Waals surface area contributed by atoms with Crippen molar-refractivity contribution in [1.82, 2.24) is 4.72 Å². The molecular weight excluding hydrogens is 284 g/mol. The quantitative estimate of drug-likeness (QED) is 0.667. The van der Waals surface area contributed by atoms with Crippen LogP contribution in [0.5, 0.6) is 0 Å². The van der Waals surface area contributed by atoms with E-state index in [-0.39, 0.29) is 6.42 Å². The number of carbonyl (C=O) groups excluding carboxylic acids is 1. The molecule has 6 nitrogen and oxygen atoms in total. The van der Waals surface area contributed by atoms with Gasteiger partial charge in [0.2, 0.25) is 10.0 Å². The number of hydrogen-bond acceptors (Lipinski definition) is 5. The molecule has 0 aromatic rings. The summed E-state index contributed by atoms with van der Waals surface area (Å²) in [5.41, 5.74) is 0. The molecule has 3 atom stereocenters. The Kier molecular flexibility index (Phi) is 5.63. The first-order chi connectivity index (χ1) is 8.79. The van der Waals surface area contributed by atoms with Gasteiger partial charge in [-0.3, -0.25) is 4.79 Å². The average Bonchev–Trinajstić information content (AvgIpc) is 2.84. The Morgan fingerprint density at radius 3 is 2.63 bits per heavy atom. The standard InChI is InChI=1S/C10H17F2NO5S/c1-18-10(15)6-3-2-4-8(6)19(16,17)13-5-7(14)9(11)12/h6-9,13-14H,2-5H2,1H3. The summed E-state index contributed by atoms with van der Waals surface area (Å²) in [6.07, 6.45) is -3.89. The van der Waals surface area contributed by atoms with E-state index in [2.05, 4.69) is 4.74 Å². The molecule has 0 aliphatic heterocycles. The number of aliphatic hydroxyl groups is 1. The van der Waals surface area contributed by atoms with Gasteiger partial charge in [-0.25, -0.2) is 21.9 Å². The lowest BCUT2D eigenvalue weighted by molar-refractivity contribution is -0.145. The number of sulfonamides is 1. The van der Waals surface area contributed by atoms with E-state index < -0.39 is 46.2 Å². The van der Waals surface area contributed by atoms with Gasteiger partial charge in [0, 0.05) is 6.54 Å². The van der Waals surface area contributed by atoms with Crippen LogP contribution in [0.15, 0.2) is 0 Å². The van der Waals surface area contributed by atoms with E-state index in [1.807, 2.05) is 4.72 Å². The van der Waals surface area contributed by atoms with Crippen molar-refractivity contribution in [2.45, 2.75) is 37.0 Å². The van der Waals surface area contributed by atoms with Crippen LogP contribution in [0.25, 0.3) is 0 Å². The number of esters is 1. The number of halogens is 2. The van der Waals surface area contributed by atoms with Gasteiger partial charge in [-0.1, -0.05) is 6.42 Å². The lowest BCUT2D eigenvalue weighted by Gasteiger charge is -2.19. The molecule has 0 heterocycles. The highest BCUT2D eigenvalue weighted by Gasteiger charge is 2.42. The van der Waals surface area contributed by atoms with Crippen molar-refractivity contribution in [3.05, 3.63) is 0 Å². The van der Waals surface area contributed by atoms with Gasteiger partial charge in [0.05, 0.1) is 18.3 Å². The Morgan fingerprint density at radius 2 is 2.11 bits per heavy atom. The number of nitrogens with one attached hydrogen (secondary N) is 1. The van der Waals surface area contributed by atoms with E-state index in [1.54, 1.807) is 0 Å². The van der Waals surface area contributed by atoms with Gasteiger partial charge in [0.1, 0.15) is 6.10 Å². The maximum Gasteiger partial charge on any atom is 0.310 e. The van der Waals surface area contributed by atoms with Gasteiger partial charge in [0.15, 0.2) is 0 Å². The minimum atomic E-state index is -3.94. The lowest BCUT2D eigenvalue weighted by atomic mass is 10.1. The monoisotopic (exact) mass is 301 g/mol. The molecule has 0 radical (unpaired) electrons. The Balaban J connectivity index is 2.68. The number of carbonyl (C=O) groups is 1. The van der Waals surface area contributed by atoms with Gasteiger partial charge in [0.25, 0.3) is 6.43 Å². The number of rotatable bonds is 6. The molecule has 19 heavy (non-hydrogen) atoms. The van der Waals surface area contributed by atoms with Crippen molar-refractivity contribution in [3.63, 3.8) is 0 Å². The van der Waals surface area contributed by atoms with Gasteiger partial charge < -0.3 is 9.84 Å². The van der Waals surface area contributed by atoms with Crippen LogP contribution in [0.3, 0.4) is 0 Å². The zero-order chi connectivity index (χ0) is 14.6. The van der Waals surface area contributed by atoms with E-state index in [0.29, 0.717) is 12.8 Å². The van der Waals surface area contributed by atoms with E-state index >= 15 is 0 Å². The molecule has 1 fully saturated rings. The summed E-state index contributed by atoms with van der Waals surface area (Å²) in [7, 11) is -2.77. The highest BCUT2D eigenvalue weighted by molar-refractivity contribution is 7.90. The second-order valence-corrected chi connectivity index (χ2v) is 6.38. The molecule has 1 aliphatic carbocycles. The number of methoxy groups -OCH3 is 1. The summed E-state index contributed by atoms with van der Waals surface area (Å²) < 4.78 is 54.4. The van der Waals surface area contributed by atoms with Crippen LogP contribution in [0.1, 0.15) is 19.3 Å². The average molecular weight is 301 g/mol. The normalized spacial score (nSPS) is 25.5. The van der Waals surface area contributed by atoms with Crippen LogP contribution in [-0.2, 0) is 19.6 Å². The van der Waals surface area contributed by atoms with Crippen molar-refractivity contribution in [2.75, 3.05) is 13.7 Å². The highest BCUT2D eigenvalue weighted by Crippen LogP contribution is 2.31. The third-order valence-corrected chi connectivity index (χ3v) is 5.07. The zero-order valence-electron chi connectivity index (χ0n) is 10.4. The van der Waals surface area contributed by atoms with Crippen molar-refractivity contribution < 1.29 is 31.8 Å². The summed E-state index contributed by atoms with van der Waals surface area (Å²) in [5.74, 6) is -1.41. The predicted octanol–water partition coefficient (Wildman–Crippen LogP) is -0.126. The molecule has 0 amide bonds. The second-order valence-electron chi connectivity index (χ2n) is 4.39. The van der Waals surface area contributed by atoms with E-state index in [1.165, 1.54) is 0 Å². The van der Waals surface area contributed by atoms with Gasteiger partial charge >= 0.3 is 5.97 Å². The third kappa shape index (κ3) is 4.08. The summed E-state index contributed by atoms with van der Waals surface area (Å²) in [6.45, 7) is -0.773. The van der Waals surface area contributed by atoms with E-state index in [9.17, 15) is 22.0 Å². The summed E-state index contributed by atoms with van der Waals surface area (Å²) in [5, 5.41) is 7.89. The van der Waals surface area contributed by atoms with Crippen LogP contribution in [-0.4, -0.2) is 50.9 Å². The summed E-state index contributed by atoms with van der Waals surface area (Å²) >= 11 is 0. The third-order valence-electron chi connectivity index (χ3n) is 3.14. The van der Waals surface area contributed by atoms with Gasteiger partial charge in [-0.15, -0.1) is 0 Å². The molecule has 2 N–H and O–H groups in total. The summed E-state index contributed by atoms with van der Waals surface area (Å²) in [6, 6.07) is 0. The maximum absolute atomic E-state index is 12.1. The molecule has 0 saturated heterocycles. The van der Waals surface area contributed by atoms with E-state index in [0.717, 1.165) is 7.11 Å². The first-order valence-electron chi connectivity index (χ1n) is 5.82. The fourth-order valence-electron chi connectivity index (χ4n) is 2.12. The smallest absolute Gasteiger partial charge is 0.310 e. The van der Waals surface area contributed by atoms with Crippen LogP contribution >= 0.6 is 0 Å². The first kappa shape index (κ1) is 16.3. The SMILES string of the molecule is COC(=O)C1CCCC1S(=O)(=O)NCC(O)C(F)F. The molecule has 9 heteroatoms. The molecular formula is C10H17F2NO5S. The Labute approximate surface area is 110 Å². The lowest BCUT2D eigenvalue weighted by Crippen LogP contribution is -2.43. The van der Waals surface area contributed by atoms with E-state index in [4.69, 9.17) is 5.11 Å². The number of hydrogen-bond donors (Lipinski definition) is 2. The molecule has 0 spiro atoms. The molecule has 0 bridgehead atoms. The minimum Gasteiger partial charge on any atom is -0.469 e. The second kappa shape index (κ2) is 6.58. The Bertz CT molecular complexity index is 414. The molecule has 1 aliphatic rings. The number of alkyl halides is 2. The fourth-order valence-corrected chi connectivity index (χ4v) is 3.89. The highest BCUT2D eigenvalue weighted by atomic mass is 32.2. The largest absolute Gasteiger partial charge is 0.469 e. The molecule has 0 aromatic carbocycles. The van der Waals surface area contributed by atoms with Crippen molar-refractivity contribution in [2.24, 2.45) is 5.92 Å². The topological polar surface area (TPSA) is 92.7 Å². The summed E-state index contributed by atoms with van der Waals surface area (Å²) in [4.78, 5) is 11.4. The first-order valence-corrected chi connectivity index (χ1v) is 7.36. The molecule has 3 unspecified atom stereocenters. The molecule has 1 saturated carbocycles. The molecule has 1 rings (SSSR count). The van der Waals surface area contributed by atoms with Crippen LogP contribution in [0.2, 0.25) is 0 Å². The van der Waals surface area contributed by atoms with Crippen LogP contribution in [0, 0.1) is 5.92 Å². The van der Waals surface area contributed by atoms with Crippen molar-refractivity contribution >= 4 is 16.0 Å². The molecule has 0 aromatic heterocycles. The Morgan fingerprint density at radius 1 is 1.47 bits per heavy atom. The fraction of sp³-hybridized carbons (Fsp3) is 0.900. The minimum absolute atomic E-state index is 0.264. The van der Waals surface area contributed by atoms with Gasteiger partial charge in [-0.05, 0) is 12.8 Å². The Hall–Kier alpha value is -0.800. The number of aliphatic hydroxyl groups excluding tert-OH is 1. The van der Waals surface area contributed by atoms with Crippen LogP contribution < -0.4 is 4.72 Å². The van der Waals surface area contributed by atoms with Crippen molar-refractivity contribution in [1.29, 1.82) is 0 Å². The van der Waals surface area contributed by atoms with Crippen molar-refractivity contribution in [3.8, 4) is 0 Å². The number of ether oxygens (including phenoxy) is 1. The maximum atomic E-state index is 12.1. The van der Waals surface area contributed by atoms with Gasteiger partial charge in [-0.2, -0.15) is 0 Å². The zero-order valence-corrected chi connectivity index (χ0v) is 11.2. The predicted molar refractivity (Wildman–Crippen MR) is 62.1 cm³/mol. The molecule has 112 valence electrons. The van der Waals surface area contributed by atoms with Crippen LogP contribution in [0.4, 0.5) is 8.78 Å².